The van der Waals surface area contributed by atoms with Crippen LogP contribution in [-0.2, 0) is 6.54 Å². The van der Waals surface area contributed by atoms with Crippen LogP contribution in [0, 0.1) is 0 Å². The Morgan fingerprint density at radius 3 is 2.72 bits per heavy atom. The molecule has 0 aromatic heterocycles. The maximum atomic E-state index is 5.79. The maximum absolute atomic E-state index is 5.79. The van der Waals surface area contributed by atoms with Crippen LogP contribution in [-0.4, -0.2) is 38.3 Å². The minimum absolute atomic E-state index is 0.526. The number of likely N-dealkylation sites (tertiary alicyclic amines) is 1. The Morgan fingerprint density at radius 1 is 1.28 bits per heavy atom. The van der Waals surface area contributed by atoms with Crippen LogP contribution in [0.15, 0.2) is 18.2 Å². The summed E-state index contributed by atoms with van der Waals surface area (Å²) in [5.41, 5.74) is 7.04. The Balaban J connectivity index is 2.09. The molecule has 1 fully saturated rings. The zero-order valence-corrected chi connectivity index (χ0v) is 11.2. The molecule has 18 heavy (non-hydrogen) atoms. The van der Waals surface area contributed by atoms with Crippen LogP contribution in [0.4, 0.5) is 0 Å². The highest BCUT2D eigenvalue weighted by atomic mass is 16.5. The van der Waals surface area contributed by atoms with Crippen molar-refractivity contribution in [3.63, 3.8) is 0 Å². The summed E-state index contributed by atoms with van der Waals surface area (Å²) in [7, 11) is 3.32. The molecule has 0 bridgehead atoms. The number of nitrogens with two attached hydrogens (primary N) is 1. The Morgan fingerprint density at radius 2 is 2.06 bits per heavy atom. The third-order valence-electron chi connectivity index (χ3n) is 3.60. The van der Waals surface area contributed by atoms with E-state index in [2.05, 4.69) is 11.0 Å². The van der Waals surface area contributed by atoms with Crippen molar-refractivity contribution >= 4 is 0 Å². The van der Waals surface area contributed by atoms with Gasteiger partial charge in [0.25, 0.3) is 0 Å². The van der Waals surface area contributed by atoms with Crippen molar-refractivity contribution in [1.82, 2.24) is 4.90 Å². The van der Waals surface area contributed by atoms with E-state index in [0.717, 1.165) is 31.1 Å². The highest BCUT2D eigenvalue weighted by Crippen LogP contribution is 2.29. The maximum Gasteiger partial charge on any atom is 0.161 e. The second kappa shape index (κ2) is 6.07. The Kier molecular flexibility index (Phi) is 4.44. The van der Waals surface area contributed by atoms with E-state index in [1.807, 2.05) is 12.1 Å². The van der Waals surface area contributed by atoms with Crippen molar-refractivity contribution in [2.45, 2.75) is 25.4 Å². The van der Waals surface area contributed by atoms with Crippen LogP contribution in [0.1, 0.15) is 18.4 Å². The van der Waals surface area contributed by atoms with Gasteiger partial charge in [0, 0.05) is 19.1 Å². The first-order valence-electron chi connectivity index (χ1n) is 6.43. The highest BCUT2D eigenvalue weighted by molar-refractivity contribution is 5.42. The van der Waals surface area contributed by atoms with Crippen LogP contribution < -0.4 is 15.2 Å². The number of benzene rings is 1. The van der Waals surface area contributed by atoms with Gasteiger partial charge in [0.1, 0.15) is 0 Å². The van der Waals surface area contributed by atoms with Crippen molar-refractivity contribution in [3.05, 3.63) is 23.8 Å². The quantitative estimate of drug-likeness (QED) is 0.863. The molecule has 0 radical (unpaired) electrons. The molecular weight excluding hydrogens is 228 g/mol. The number of ether oxygens (including phenoxy) is 2. The van der Waals surface area contributed by atoms with Gasteiger partial charge in [-0.15, -0.1) is 0 Å². The molecule has 0 spiro atoms. The summed E-state index contributed by atoms with van der Waals surface area (Å²) in [6.45, 7) is 2.81. The molecule has 2 rings (SSSR count). The van der Waals surface area contributed by atoms with Gasteiger partial charge in [-0.05, 0) is 37.1 Å². The average molecular weight is 250 g/mol. The summed E-state index contributed by atoms with van der Waals surface area (Å²) >= 11 is 0. The van der Waals surface area contributed by atoms with E-state index in [1.54, 1.807) is 14.2 Å². The summed E-state index contributed by atoms with van der Waals surface area (Å²) in [5, 5.41) is 0. The smallest absolute Gasteiger partial charge is 0.161 e. The van der Waals surface area contributed by atoms with Gasteiger partial charge in [-0.3, -0.25) is 4.90 Å². The topological polar surface area (TPSA) is 47.7 Å². The molecule has 4 heteroatoms. The first kappa shape index (κ1) is 13.2. The van der Waals surface area contributed by atoms with Gasteiger partial charge < -0.3 is 15.2 Å². The van der Waals surface area contributed by atoms with Gasteiger partial charge >= 0.3 is 0 Å². The van der Waals surface area contributed by atoms with Crippen LogP contribution >= 0.6 is 0 Å². The lowest BCUT2D eigenvalue weighted by Crippen LogP contribution is -2.34. The lowest BCUT2D eigenvalue weighted by molar-refractivity contribution is 0.249. The van der Waals surface area contributed by atoms with E-state index in [9.17, 15) is 0 Å². The molecule has 1 atom stereocenters. The van der Waals surface area contributed by atoms with Gasteiger partial charge in [-0.1, -0.05) is 6.07 Å². The van der Waals surface area contributed by atoms with Crippen molar-refractivity contribution in [2.24, 2.45) is 5.73 Å². The number of rotatable bonds is 5. The molecule has 0 amide bonds. The fourth-order valence-corrected chi connectivity index (χ4v) is 2.58. The SMILES string of the molecule is COc1ccc(CN2CCC[C@H]2CN)cc1OC. The van der Waals surface area contributed by atoms with Crippen LogP contribution in [0.2, 0.25) is 0 Å². The first-order valence-corrected chi connectivity index (χ1v) is 6.43. The van der Waals surface area contributed by atoms with E-state index >= 15 is 0 Å². The standard InChI is InChI=1S/C14H22N2O2/c1-17-13-6-5-11(8-14(13)18-2)10-16-7-3-4-12(16)9-15/h5-6,8,12H,3-4,7,9-10,15H2,1-2H3/t12-/m0/s1. The lowest BCUT2D eigenvalue weighted by atomic mass is 10.1. The Labute approximate surface area is 109 Å². The molecule has 0 unspecified atom stereocenters. The van der Waals surface area contributed by atoms with Gasteiger partial charge in [-0.25, -0.2) is 0 Å². The molecule has 1 heterocycles. The minimum atomic E-state index is 0.526. The van der Waals surface area contributed by atoms with Crippen LogP contribution in [0.3, 0.4) is 0 Å². The number of hydrogen-bond donors (Lipinski definition) is 1. The van der Waals surface area contributed by atoms with Crippen molar-refractivity contribution in [3.8, 4) is 11.5 Å². The predicted octanol–water partition coefficient (Wildman–Crippen LogP) is 1.63. The van der Waals surface area contributed by atoms with E-state index in [1.165, 1.54) is 18.4 Å². The third-order valence-corrected chi connectivity index (χ3v) is 3.60. The van der Waals surface area contributed by atoms with E-state index < -0.39 is 0 Å². The van der Waals surface area contributed by atoms with Crippen molar-refractivity contribution in [1.29, 1.82) is 0 Å². The summed E-state index contributed by atoms with van der Waals surface area (Å²) in [5.74, 6) is 1.57. The predicted molar refractivity (Wildman–Crippen MR) is 72.0 cm³/mol. The molecule has 1 aromatic carbocycles. The van der Waals surface area contributed by atoms with Crippen LogP contribution in [0.25, 0.3) is 0 Å². The molecule has 4 nitrogen and oxygen atoms in total. The molecule has 1 aromatic rings. The lowest BCUT2D eigenvalue weighted by Gasteiger charge is -2.23. The molecule has 0 saturated carbocycles. The first-order chi connectivity index (χ1) is 8.78. The molecule has 100 valence electrons. The Hall–Kier alpha value is -1.26. The molecule has 0 aliphatic carbocycles. The zero-order valence-electron chi connectivity index (χ0n) is 11.2. The normalized spacial score (nSPS) is 20.1. The van der Waals surface area contributed by atoms with Crippen molar-refractivity contribution in [2.75, 3.05) is 27.3 Å². The molecule has 1 saturated heterocycles. The van der Waals surface area contributed by atoms with Gasteiger partial charge in [0.2, 0.25) is 0 Å². The molecular formula is C14H22N2O2. The van der Waals surface area contributed by atoms with Gasteiger partial charge in [0.05, 0.1) is 14.2 Å². The third kappa shape index (κ3) is 2.76. The second-order valence-electron chi connectivity index (χ2n) is 4.69. The zero-order chi connectivity index (χ0) is 13.0. The number of hydrogen-bond acceptors (Lipinski definition) is 4. The summed E-state index contributed by atoms with van der Waals surface area (Å²) < 4.78 is 10.6. The van der Waals surface area contributed by atoms with Crippen LogP contribution in [0.5, 0.6) is 11.5 Å². The number of nitrogens with zero attached hydrogens (tertiary/aromatic N) is 1. The van der Waals surface area contributed by atoms with Crippen molar-refractivity contribution < 1.29 is 9.47 Å². The van der Waals surface area contributed by atoms with E-state index in [4.69, 9.17) is 15.2 Å². The molecule has 1 aliphatic rings. The fraction of sp³-hybridized carbons (Fsp3) is 0.571. The fourth-order valence-electron chi connectivity index (χ4n) is 2.58. The summed E-state index contributed by atoms with van der Waals surface area (Å²) in [4.78, 5) is 2.45. The Bertz CT molecular complexity index is 395. The summed E-state index contributed by atoms with van der Waals surface area (Å²) in [6.07, 6.45) is 2.46. The number of methoxy groups -OCH3 is 2. The van der Waals surface area contributed by atoms with Gasteiger partial charge in [-0.2, -0.15) is 0 Å². The minimum Gasteiger partial charge on any atom is -0.493 e. The molecule has 1 aliphatic heterocycles. The second-order valence-corrected chi connectivity index (χ2v) is 4.69. The largest absolute Gasteiger partial charge is 0.493 e. The highest BCUT2D eigenvalue weighted by Gasteiger charge is 2.23. The summed E-state index contributed by atoms with van der Waals surface area (Å²) in [6, 6.07) is 6.62. The molecule has 2 N–H and O–H groups in total. The van der Waals surface area contributed by atoms with E-state index in [-0.39, 0.29) is 0 Å². The monoisotopic (exact) mass is 250 g/mol. The average Bonchev–Trinajstić information content (AvgIpc) is 2.85. The van der Waals surface area contributed by atoms with E-state index in [0.29, 0.717) is 6.04 Å². The van der Waals surface area contributed by atoms with Gasteiger partial charge in [0.15, 0.2) is 11.5 Å².